The van der Waals surface area contributed by atoms with E-state index in [4.69, 9.17) is 10.5 Å². The highest BCUT2D eigenvalue weighted by Gasteiger charge is 2.23. The summed E-state index contributed by atoms with van der Waals surface area (Å²) in [4.78, 5) is 2.56. The van der Waals surface area contributed by atoms with Crippen molar-refractivity contribution in [2.75, 3.05) is 39.9 Å². The van der Waals surface area contributed by atoms with Crippen molar-refractivity contribution in [2.24, 2.45) is 17.1 Å². The predicted molar refractivity (Wildman–Crippen MR) is 86.9 cm³/mol. The van der Waals surface area contributed by atoms with Gasteiger partial charge in [-0.1, -0.05) is 26.8 Å². The van der Waals surface area contributed by atoms with Crippen LogP contribution in [0.1, 0.15) is 46.5 Å². The van der Waals surface area contributed by atoms with Crippen LogP contribution < -0.4 is 5.73 Å². The Morgan fingerprint density at radius 3 is 2.60 bits per heavy atom. The summed E-state index contributed by atoms with van der Waals surface area (Å²) in [6.07, 6.45) is 7.25. The highest BCUT2D eigenvalue weighted by atomic mass is 16.5. The lowest BCUT2D eigenvalue weighted by Gasteiger charge is -2.32. The summed E-state index contributed by atoms with van der Waals surface area (Å²) in [5, 5.41) is 0. The second-order valence-electron chi connectivity index (χ2n) is 7.13. The molecule has 1 rings (SSSR count). The summed E-state index contributed by atoms with van der Waals surface area (Å²) >= 11 is 0. The monoisotopic (exact) mass is 282 g/mol. The van der Waals surface area contributed by atoms with Crippen molar-refractivity contribution < 1.29 is 4.74 Å². The summed E-state index contributed by atoms with van der Waals surface area (Å²) in [6.45, 7) is 12.1. The van der Waals surface area contributed by atoms with Crippen molar-refractivity contribution in [3.63, 3.8) is 0 Å². The maximum Gasteiger partial charge on any atom is 0.0673 e. The Bertz CT molecular complexity index is 294. The summed E-state index contributed by atoms with van der Waals surface area (Å²) < 4.78 is 5.19. The SMILES string of the molecule is COCC1=CCN(CCCC(CCN)C(C)(C)C)CC1. The van der Waals surface area contributed by atoms with Crippen LogP contribution in [-0.2, 0) is 4.74 Å². The molecule has 1 unspecified atom stereocenters. The van der Waals surface area contributed by atoms with E-state index in [-0.39, 0.29) is 0 Å². The maximum absolute atomic E-state index is 5.75. The number of nitrogens with zero attached hydrogens (tertiary/aromatic N) is 1. The predicted octanol–water partition coefficient (Wildman–Crippen LogP) is 3.06. The van der Waals surface area contributed by atoms with Crippen LogP contribution in [0.5, 0.6) is 0 Å². The van der Waals surface area contributed by atoms with Crippen LogP contribution in [0.4, 0.5) is 0 Å². The molecule has 0 aromatic heterocycles. The highest BCUT2D eigenvalue weighted by molar-refractivity contribution is 5.07. The second-order valence-corrected chi connectivity index (χ2v) is 7.13. The number of methoxy groups -OCH3 is 1. The third-order valence-electron chi connectivity index (χ3n) is 4.48. The topological polar surface area (TPSA) is 38.5 Å². The Morgan fingerprint density at radius 2 is 2.10 bits per heavy atom. The lowest BCUT2D eigenvalue weighted by molar-refractivity contribution is 0.191. The van der Waals surface area contributed by atoms with Crippen molar-refractivity contribution in [1.29, 1.82) is 0 Å². The fraction of sp³-hybridized carbons (Fsp3) is 0.882. The number of rotatable bonds is 8. The molecule has 0 amide bonds. The molecule has 0 aromatic carbocycles. The average Bonchev–Trinajstić information content (AvgIpc) is 2.39. The Kier molecular flexibility index (Phi) is 7.78. The molecular formula is C17H34N2O. The van der Waals surface area contributed by atoms with Gasteiger partial charge < -0.3 is 10.5 Å². The molecule has 3 heteroatoms. The molecular weight excluding hydrogens is 248 g/mol. The molecule has 0 aliphatic carbocycles. The van der Waals surface area contributed by atoms with Crippen LogP contribution in [0.15, 0.2) is 11.6 Å². The van der Waals surface area contributed by atoms with E-state index in [2.05, 4.69) is 31.7 Å². The van der Waals surface area contributed by atoms with Gasteiger partial charge >= 0.3 is 0 Å². The van der Waals surface area contributed by atoms with E-state index in [1.165, 1.54) is 37.9 Å². The zero-order chi connectivity index (χ0) is 15.0. The summed E-state index contributed by atoms with van der Waals surface area (Å²) in [7, 11) is 1.78. The summed E-state index contributed by atoms with van der Waals surface area (Å²) in [6, 6.07) is 0. The lowest BCUT2D eigenvalue weighted by Crippen LogP contribution is -2.31. The lowest BCUT2D eigenvalue weighted by atomic mass is 9.76. The molecule has 0 radical (unpaired) electrons. The second kappa shape index (κ2) is 8.81. The Balaban J connectivity index is 2.27. The molecule has 0 bridgehead atoms. The molecule has 20 heavy (non-hydrogen) atoms. The van der Waals surface area contributed by atoms with Gasteiger partial charge in [0.2, 0.25) is 0 Å². The molecule has 1 heterocycles. The van der Waals surface area contributed by atoms with Crippen molar-refractivity contribution >= 4 is 0 Å². The van der Waals surface area contributed by atoms with Crippen molar-refractivity contribution in [3.05, 3.63) is 11.6 Å². The van der Waals surface area contributed by atoms with Gasteiger partial charge in [-0.3, -0.25) is 4.90 Å². The van der Waals surface area contributed by atoms with E-state index in [9.17, 15) is 0 Å². The van der Waals surface area contributed by atoms with Crippen LogP contribution in [0.2, 0.25) is 0 Å². The van der Waals surface area contributed by atoms with E-state index in [0.717, 1.165) is 32.0 Å². The zero-order valence-electron chi connectivity index (χ0n) is 14.0. The summed E-state index contributed by atoms with van der Waals surface area (Å²) in [5.74, 6) is 0.747. The minimum Gasteiger partial charge on any atom is -0.380 e. The molecule has 2 N–H and O–H groups in total. The van der Waals surface area contributed by atoms with E-state index in [1.54, 1.807) is 7.11 Å². The standard InChI is InChI=1S/C17H34N2O/c1-17(2,3)16(7-10-18)6-5-11-19-12-8-15(9-13-19)14-20-4/h8,16H,5-7,9-14,18H2,1-4H3. The van der Waals surface area contributed by atoms with Gasteiger partial charge in [-0.2, -0.15) is 0 Å². The normalized spacial score (nSPS) is 18.9. The van der Waals surface area contributed by atoms with Crippen LogP contribution in [0.25, 0.3) is 0 Å². The number of hydrogen-bond acceptors (Lipinski definition) is 3. The first-order chi connectivity index (χ1) is 9.47. The molecule has 1 aliphatic rings. The van der Waals surface area contributed by atoms with Crippen LogP contribution in [0.3, 0.4) is 0 Å². The van der Waals surface area contributed by atoms with Gasteiger partial charge in [0.1, 0.15) is 0 Å². The Hall–Kier alpha value is -0.380. The smallest absolute Gasteiger partial charge is 0.0673 e. The maximum atomic E-state index is 5.75. The fourth-order valence-electron chi connectivity index (χ4n) is 3.05. The number of nitrogens with two attached hydrogens (primary N) is 1. The molecule has 118 valence electrons. The molecule has 0 spiro atoms. The Labute approximate surface area is 125 Å². The average molecular weight is 282 g/mol. The first kappa shape index (κ1) is 17.7. The van der Waals surface area contributed by atoms with E-state index in [1.807, 2.05) is 0 Å². The zero-order valence-corrected chi connectivity index (χ0v) is 14.0. The first-order valence-electron chi connectivity index (χ1n) is 8.06. The third-order valence-corrected chi connectivity index (χ3v) is 4.48. The van der Waals surface area contributed by atoms with Gasteiger partial charge in [0.15, 0.2) is 0 Å². The quantitative estimate of drug-likeness (QED) is 0.695. The van der Waals surface area contributed by atoms with Gasteiger partial charge in [-0.05, 0) is 55.7 Å². The van der Waals surface area contributed by atoms with Gasteiger partial charge in [-0.25, -0.2) is 0 Å². The number of hydrogen-bond donors (Lipinski definition) is 1. The van der Waals surface area contributed by atoms with Crippen LogP contribution in [-0.4, -0.2) is 44.8 Å². The van der Waals surface area contributed by atoms with Gasteiger partial charge in [0, 0.05) is 20.2 Å². The molecule has 3 nitrogen and oxygen atoms in total. The van der Waals surface area contributed by atoms with Crippen molar-refractivity contribution in [1.82, 2.24) is 4.90 Å². The molecule has 1 atom stereocenters. The van der Waals surface area contributed by atoms with E-state index in [0.29, 0.717) is 5.41 Å². The fourth-order valence-corrected chi connectivity index (χ4v) is 3.05. The molecule has 0 aromatic rings. The van der Waals surface area contributed by atoms with Crippen LogP contribution in [0, 0.1) is 11.3 Å². The van der Waals surface area contributed by atoms with Gasteiger partial charge in [0.05, 0.1) is 6.61 Å². The molecule has 0 fully saturated rings. The van der Waals surface area contributed by atoms with Crippen LogP contribution >= 0.6 is 0 Å². The first-order valence-corrected chi connectivity index (χ1v) is 8.06. The summed E-state index contributed by atoms with van der Waals surface area (Å²) in [5.41, 5.74) is 7.59. The highest BCUT2D eigenvalue weighted by Crippen LogP contribution is 2.32. The molecule has 1 aliphatic heterocycles. The van der Waals surface area contributed by atoms with Gasteiger partial charge in [-0.15, -0.1) is 0 Å². The largest absolute Gasteiger partial charge is 0.380 e. The van der Waals surface area contributed by atoms with Crippen molar-refractivity contribution in [3.8, 4) is 0 Å². The Morgan fingerprint density at radius 1 is 1.35 bits per heavy atom. The molecule has 0 saturated carbocycles. The van der Waals surface area contributed by atoms with Crippen molar-refractivity contribution in [2.45, 2.75) is 46.5 Å². The molecule has 0 saturated heterocycles. The van der Waals surface area contributed by atoms with E-state index < -0.39 is 0 Å². The third kappa shape index (κ3) is 6.38. The minimum atomic E-state index is 0.382. The van der Waals surface area contributed by atoms with E-state index >= 15 is 0 Å². The van der Waals surface area contributed by atoms with Gasteiger partial charge in [0.25, 0.3) is 0 Å². The minimum absolute atomic E-state index is 0.382. The number of ether oxygens (including phenoxy) is 1.